The van der Waals surface area contributed by atoms with Crippen molar-refractivity contribution in [2.75, 3.05) is 26.1 Å². The zero-order valence-electron chi connectivity index (χ0n) is 24.0. The minimum absolute atomic E-state index is 0.00705. The molecule has 3 aromatic heterocycles. The molecule has 2 atom stereocenters. The second-order valence-electron chi connectivity index (χ2n) is 9.46. The fourth-order valence-electron chi connectivity index (χ4n) is 4.16. The zero-order chi connectivity index (χ0) is 29.7. The van der Waals surface area contributed by atoms with E-state index in [1.54, 1.807) is 60.3 Å². The average Bonchev–Trinajstić information content (AvgIpc) is 3.37. The summed E-state index contributed by atoms with van der Waals surface area (Å²) in [6.45, 7) is 7.04. The molecule has 0 amide bonds. The fourth-order valence-corrected chi connectivity index (χ4v) is 5.26. The van der Waals surface area contributed by atoms with Crippen LogP contribution in [0.2, 0.25) is 0 Å². The summed E-state index contributed by atoms with van der Waals surface area (Å²) in [6, 6.07) is 10.5. The summed E-state index contributed by atoms with van der Waals surface area (Å²) in [5, 5.41) is -1.10. The second-order valence-corrected chi connectivity index (χ2v) is 11.5. The Bertz CT molecular complexity index is 1570. The highest BCUT2D eigenvalue weighted by molar-refractivity contribution is 7.93. The van der Waals surface area contributed by atoms with Crippen LogP contribution in [0.5, 0.6) is 17.4 Å². The molecule has 41 heavy (non-hydrogen) atoms. The molecule has 0 spiro atoms. The van der Waals surface area contributed by atoms with Gasteiger partial charge in [0, 0.05) is 18.5 Å². The van der Waals surface area contributed by atoms with Gasteiger partial charge in [-0.05, 0) is 51.5 Å². The Balaban J connectivity index is 1.86. The van der Waals surface area contributed by atoms with Crippen LogP contribution in [0.15, 0.2) is 55.0 Å². The van der Waals surface area contributed by atoms with E-state index in [1.807, 2.05) is 20.8 Å². The summed E-state index contributed by atoms with van der Waals surface area (Å²) in [5.41, 5.74) is 2.22. The molecule has 13 heteroatoms. The van der Waals surface area contributed by atoms with Crippen LogP contribution in [0, 0.1) is 6.92 Å². The van der Waals surface area contributed by atoms with Crippen LogP contribution in [0.4, 0.5) is 5.95 Å². The highest BCUT2D eigenvalue weighted by atomic mass is 32.2. The Kier molecular flexibility index (Phi) is 9.08. The molecule has 1 N–H and O–H groups in total. The summed E-state index contributed by atoms with van der Waals surface area (Å²) in [4.78, 5) is 17.7. The van der Waals surface area contributed by atoms with Crippen molar-refractivity contribution in [3.05, 3.63) is 66.4 Å². The van der Waals surface area contributed by atoms with Crippen molar-refractivity contribution in [2.24, 2.45) is 0 Å². The number of imidazole rings is 1. The first-order chi connectivity index (χ1) is 19.6. The number of nitrogens with zero attached hydrogens (tertiary/aromatic N) is 5. The monoisotopic (exact) mass is 582 g/mol. The molecule has 12 nitrogen and oxygen atoms in total. The molecule has 1 aromatic carbocycles. The van der Waals surface area contributed by atoms with E-state index in [4.69, 9.17) is 18.9 Å². The number of aromatic nitrogens is 5. The third kappa shape index (κ3) is 6.41. The van der Waals surface area contributed by atoms with Gasteiger partial charge in [-0.2, -0.15) is 0 Å². The highest BCUT2D eigenvalue weighted by Gasteiger charge is 2.36. The third-order valence-electron chi connectivity index (χ3n) is 6.21. The number of hydrogen-bond acceptors (Lipinski definition) is 10. The summed E-state index contributed by atoms with van der Waals surface area (Å²) in [5.74, 6) is 1.48. The maximum Gasteiger partial charge on any atom is 0.240 e. The number of benzene rings is 1. The Morgan fingerprint density at radius 1 is 0.854 bits per heavy atom. The highest BCUT2D eigenvalue weighted by Crippen LogP contribution is 2.39. The Hall–Kier alpha value is -4.23. The topological polar surface area (TPSA) is 140 Å². The van der Waals surface area contributed by atoms with Gasteiger partial charge in [0.05, 0.1) is 45.0 Å². The average molecular weight is 583 g/mol. The predicted octanol–water partition coefficient (Wildman–Crippen LogP) is 4.36. The smallest absolute Gasteiger partial charge is 0.240 e. The van der Waals surface area contributed by atoms with Crippen LogP contribution >= 0.6 is 0 Å². The van der Waals surface area contributed by atoms with E-state index in [2.05, 4.69) is 24.7 Å². The van der Waals surface area contributed by atoms with Crippen molar-refractivity contribution in [3.63, 3.8) is 0 Å². The first-order valence-electron chi connectivity index (χ1n) is 12.9. The van der Waals surface area contributed by atoms with Crippen LogP contribution in [-0.4, -0.2) is 65.6 Å². The summed E-state index contributed by atoms with van der Waals surface area (Å²) in [7, 11) is 0.410. The number of para-hydroxylation sites is 1. The number of anilines is 1. The molecule has 0 unspecified atom stereocenters. The quantitative estimate of drug-likeness (QED) is 0.256. The van der Waals surface area contributed by atoms with Crippen LogP contribution in [0.3, 0.4) is 0 Å². The predicted molar refractivity (Wildman–Crippen MR) is 154 cm³/mol. The summed E-state index contributed by atoms with van der Waals surface area (Å²) < 4.78 is 54.7. The van der Waals surface area contributed by atoms with Crippen molar-refractivity contribution in [1.82, 2.24) is 24.5 Å². The number of methoxy groups -OCH3 is 3. The molecule has 0 radical (unpaired) electrons. The van der Waals surface area contributed by atoms with Gasteiger partial charge in [0.15, 0.2) is 5.82 Å². The SMILES string of the molecule is COc1cccc(-c2cnc(NS(=O)(=O)[C@H](C)[C@@H](OC(C)C)c3ncc(C)cn3)n2-c2c(OC)cccc2OC)n1. The van der Waals surface area contributed by atoms with Gasteiger partial charge < -0.3 is 18.9 Å². The lowest BCUT2D eigenvalue weighted by atomic mass is 10.2. The second kappa shape index (κ2) is 12.5. The zero-order valence-corrected chi connectivity index (χ0v) is 24.8. The molecule has 218 valence electrons. The van der Waals surface area contributed by atoms with Gasteiger partial charge in [0.25, 0.3) is 0 Å². The normalized spacial score (nSPS) is 13.1. The molecule has 0 aliphatic heterocycles. The number of aryl methyl sites for hydroxylation is 1. The molecule has 0 fully saturated rings. The van der Waals surface area contributed by atoms with Gasteiger partial charge in [0.2, 0.25) is 21.9 Å². The first kappa shape index (κ1) is 29.7. The lowest BCUT2D eigenvalue weighted by molar-refractivity contribution is 0.00152. The van der Waals surface area contributed by atoms with E-state index in [0.717, 1.165) is 5.56 Å². The molecule has 3 heterocycles. The number of hydrogen-bond donors (Lipinski definition) is 1. The lowest BCUT2D eigenvalue weighted by Gasteiger charge is -2.26. The largest absolute Gasteiger partial charge is 0.494 e. The van der Waals surface area contributed by atoms with Crippen molar-refractivity contribution < 1.29 is 27.4 Å². The van der Waals surface area contributed by atoms with Gasteiger partial charge in [0.1, 0.15) is 28.5 Å². The maximum atomic E-state index is 13.9. The molecule has 4 aromatic rings. The van der Waals surface area contributed by atoms with Gasteiger partial charge in [-0.15, -0.1) is 0 Å². The Labute approximate surface area is 239 Å². The summed E-state index contributed by atoms with van der Waals surface area (Å²) >= 11 is 0. The van der Waals surface area contributed by atoms with Crippen molar-refractivity contribution in [1.29, 1.82) is 0 Å². The van der Waals surface area contributed by atoms with Crippen molar-refractivity contribution >= 4 is 16.0 Å². The van der Waals surface area contributed by atoms with E-state index >= 15 is 0 Å². The maximum absolute atomic E-state index is 13.9. The molecule has 0 aliphatic carbocycles. The van der Waals surface area contributed by atoms with E-state index in [0.29, 0.717) is 34.5 Å². The van der Waals surface area contributed by atoms with E-state index in [1.165, 1.54) is 27.5 Å². The minimum Gasteiger partial charge on any atom is -0.494 e. The number of pyridine rings is 1. The van der Waals surface area contributed by atoms with E-state index in [-0.39, 0.29) is 17.9 Å². The molecule has 0 saturated heterocycles. The molecule has 0 aliphatic rings. The molecule has 0 saturated carbocycles. The number of sulfonamides is 1. The number of ether oxygens (including phenoxy) is 4. The van der Waals surface area contributed by atoms with E-state index < -0.39 is 21.4 Å². The van der Waals surface area contributed by atoms with Crippen molar-refractivity contribution in [3.8, 4) is 34.5 Å². The fraction of sp³-hybridized carbons (Fsp3) is 0.357. The number of rotatable bonds is 12. The van der Waals surface area contributed by atoms with Gasteiger partial charge >= 0.3 is 0 Å². The third-order valence-corrected chi connectivity index (χ3v) is 7.90. The first-order valence-corrected chi connectivity index (χ1v) is 14.4. The lowest BCUT2D eigenvalue weighted by Crippen LogP contribution is -2.35. The summed E-state index contributed by atoms with van der Waals surface area (Å²) in [6.07, 6.45) is 3.53. The molecule has 0 bridgehead atoms. The van der Waals surface area contributed by atoms with Gasteiger partial charge in [-0.3, -0.25) is 9.29 Å². The number of nitrogens with one attached hydrogen (secondary N) is 1. The van der Waals surface area contributed by atoms with Gasteiger partial charge in [-0.25, -0.2) is 28.4 Å². The Morgan fingerprint density at radius 2 is 1.49 bits per heavy atom. The Morgan fingerprint density at radius 3 is 2.07 bits per heavy atom. The van der Waals surface area contributed by atoms with Crippen molar-refractivity contribution in [2.45, 2.75) is 45.2 Å². The van der Waals surface area contributed by atoms with Gasteiger partial charge in [-0.1, -0.05) is 12.1 Å². The molecule has 4 rings (SSSR count). The minimum atomic E-state index is -4.13. The van der Waals surface area contributed by atoms with Crippen LogP contribution < -0.4 is 18.9 Å². The van der Waals surface area contributed by atoms with Crippen LogP contribution in [-0.2, 0) is 14.8 Å². The van der Waals surface area contributed by atoms with Crippen LogP contribution in [0.1, 0.15) is 38.3 Å². The molecular formula is C28H34N6O6S. The van der Waals surface area contributed by atoms with Crippen LogP contribution in [0.25, 0.3) is 17.1 Å². The molecular weight excluding hydrogens is 548 g/mol. The standard InChI is InChI=1S/C28H34N6O6S/c1-17(2)40-26(27-29-14-18(3)15-30-27)19(4)41(35,36)33-28-31-16-21(20-10-8-13-24(32-20)39-7)34(28)25-22(37-5)11-9-12-23(25)38-6/h8-17,19,26H,1-7H3,(H,31,33)/t19-,26-/m1/s1. The van der Waals surface area contributed by atoms with E-state index in [9.17, 15) is 8.42 Å².